The zero-order chi connectivity index (χ0) is 13.0. The summed E-state index contributed by atoms with van der Waals surface area (Å²) in [7, 11) is 0. The maximum atomic E-state index is 11.0. The standard InChI is InChI=1S/C13H11N3O2/c14-9-6-7-11(13(17)18)12(8-9)16-15-10-4-2-1-3-5-10/h1-8H,14H2,(H,17,18). The van der Waals surface area contributed by atoms with Crippen LogP contribution in [0.4, 0.5) is 17.1 Å². The van der Waals surface area contributed by atoms with Gasteiger partial charge in [-0.3, -0.25) is 0 Å². The smallest absolute Gasteiger partial charge is 0.337 e. The highest BCUT2D eigenvalue weighted by Crippen LogP contribution is 2.24. The van der Waals surface area contributed by atoms with Gasteiger partial charge in [-0.1, -0.05) is 18.2 Å². The second kappa shape index (κ2) is 5.09. The zero-order valence-corrected chi connectivity index (χ0v) is 9.45. The van der Waals surface area contributed by atoms with Crippen molar-refractivity contribution in [2.75, 3.05) is 5.73 Å². The highest BCUT2D eigenvalue weighted by Gasteiger charge is 2.09. The van der Waals surface area contributed by atoms with Crippen LogP contribution in [0.5, 0.6) is 0 Å². The first-order valence-electron chi connectivity index (χ1n) is 5.26. The third kappa shape index (κ3) is 2.70. The number of azo groups is 1. The summed E-state index contributed by atoms with van der Waals surface area (Å²) in [4.78, 5) is 11.0. The molecule has 0 amide bonds. The molecule has 0 bridgehead atoms. The fourth-order valence-electron chi connectivity index (χ4n) is 1.42. The number of nitrogens with two attached hydrogens (primary N) is 1. The molecule has 5 heteroatoms. The molecule has 0 unspecified atom stereocenters. The van der Waals surface area contributed by atoms with Crippen LogP contribution in [0.15, 0.2) is 58.8 Å². The van der Waals surface area contributed by atoms with Crippen LogP contribution < -0.4 is 5.73 Å². The molecule has 0 saturated heterocycles. The third-order valence-corrected chi connectivity index (χ3v) is 2.28. The van der Waals surface area contributed by atoms with E-state index in [-0.39, 0.29) is 11.3 Å². The second-order valence-corrected chi connectivity index (χ2v) is 3.62. The summed E-state index contributed by atoms with van der Waals surface area (Å²) in [5.41, 5.74) is 7.01. The normalized spacial score (nSPS) is 10.7. The van der Waals surface area contributed by atoms with E-state index >= 15 is 0 Å². The van der Waals surface area contributed by atoms with Crippen LogP contribution >= 0.6 is 0 Å². The first-order valence-corrected chi connectivity index (χ1v) is 5.26. The molecule has 2 rings (SSSR count). The van der Waals surface area contributed by atoms with E-state index in [9.17, 15) is 4.79 Å². The Morgan fingerprint density at radius 3 is 2.44 bits per heavy atom. The van der Waals surface area contributed by atoms with E-state index in [2.05, 4.69) is 10.2 Å². The minimum absolute atomic E-state index is 0.0730. The van der Waals surface area contributed by atoms with Crippen LogP contribution in [-0.4, -0.2) is 11.1 Å². The quantitative estimate of drug-likeness (QED) is 0.637. The van der Waals surface area contributed by atoms with Crippen LogP contribution in [0.3, 0.4) is 0 Å². The lowest BCUT2D eigenvalue weighted by Gasteiger charge is -2.01. The summed E-state index contributed by atoms with van der Waals surface area (Å²) >= 11 is 0. The summed E-state index contributed by atoms with van der Waals surface area (Å²) in [6, 6.07) is 13.5. The number of hydrogen-bond acceptors (Lipinski definition) is 4. The molecule has 0 aliphatic carbocycles. The fraction of sp³-hybridized carbons (Fsp3) is 0. The Morgan fingerprint density at radius 2 is 1.78 bits per heavy atom. The largest absolute Gasteiger partial charge is 0.478 e. The second-order valence-electron chi connectivity index (χ2n) is 3.62. The molecule has 2 aromatic carbocycles. The van der Waals surface area contributed by atoms with Gasteiger partial charge in [0.1, 0.15) is 5.69 Å². The minimum Gasteiger partial charge on any atom is -0.478 e. The predicted molar refractivity (Wildman–Crippen MR) is 68.4 cm³/mol. The Labute approximate surface area is 104 Å². The Balaban J connectivity index is 2.36. The SMILES string of the molecule is Nc1ccc(C(=O)O)c(N=Nc2ccccc2)c1. The van der Waals surface area contributed by atoms with Crippen molar-refractivity contribution >= 4 is 23.0 Å². The van der Waals surface area contributed by atoms with Crippen molar-refractivity contribution in [3.8, 4) is 0 Å². The highest BCUT2D eigenvalue weighted by molar-refractivity contribution is 5.94. The lowest BCUT2D eigenvalue weighted by Crippen LogP contribution is -1.97. The molecule has 90 valence electrons. The number of rotatable bonds is 3. The van der Waals surface area contributed by atoms with E-state index in [4.69, 9.17) is 10.8 Å². The highest BCUT2D eigenvalue weighted by atomic mass is 16.4. The minimum atomic E-state index is -1.06. The van der Waals surface area contributed by atoms with Gasteiger partial charge in [-0.2, -0.15) is 5.11 Å². The molecule has 0 spiro atoms. The van der Waals surface area contributed by atoms with Gasteiger partial charge in [0.05, 0.1) is 11.3 Å². The fourth-order valence-corrected chi connectivity index (χ4v) is 1.42. The molecule has 5 nitrogen and oxygen atoms in total. The average molecular weight is 241 g/mol. The van der Waals surface area contributed by atoms with E-state index in [1.807, 2.05) is 18.2 Å². The van der Waals surface area contributed by atoms with Crippen LogP contribution in [0.1, 0.15) is 10.4 Å². The first-order chi connectivity index (χ1) is 8.66. The van der Waals surface area contributed by atoms with E-state index < -0.39 is 5.97 Å². The van der Waals surface area contributed by atoms with Gasteiger partial charge in [0, 0.05) is 5.69 Å². The van der Waals surface area contributed by atoms with Gasteiger partial charge in [0.2, 0.25) is 0 Å². The van der Waals surface area contributed by atoms with Crippen molar-refractivity contribution in [1.82, 2.24) is 0 Å². The van der Waals surface area contributed by atoms with E-state index in [0.717, 1.165) is 0 Å². The Kier molecular flexibility index (Phi) is 3.33. The molecule has 0 saturated carbocycles. The lowest BCUT2D eigenvalue weighted by molar-refractivity contribution is 0.0698. The Morgan fingerprint density at radius 1 is 1.06 bits per heavy atom. The number of carbonyl (C=O) groups is 1. The molecule has 0 fully saturated rings. The Hall–Kier alpha value is -2.69. The molecule has 18 heavy (non-hydrogen) atoms. The lowest BCUT2D eigenvalue weighted by atomic mass is 10.1. The van der Waals surface area contributed by atoms with Gasteiger partial charge < -0.3 is 10.8 Å². The summed E-state index contributed by atoms with van der Waals surface area (Å²) in [6.07, 6.45) is 0. The van der Waals surface area contributed by atoms with Crippen LogP contribution in [0, 0.1) is 0 Å². The van der Waals surface area contributed by atoms with Crippen LogP contribution in [0.2, 0.25) is 0 Å². The summed E-state index contributed by atoms with van der Waals surface area (Å²) < 4.78 is 0. The van der Waals surface area contributed by atoms with Crippen molar-refractivity contribution in [3.63, 3.8) is 0 Å². The van der Waals surface area contributed by atoms with Gasteiger partial charge in [-0.05, 0) is 30.3 Å². The molecular formula is C13H11N3O2. The molecular weight excluding hydrogens is 230 g/mol. The van der Waals surface area contributed by atoms with Crippen molar-refractivity contribution in [3.05, 3.63) is 54.1 Å². The number of anilines is 1. The van der Waals surface area contributed by atoms with Crippen molar-refractivity contribution in [2.45, 2.75) is 0 Å². The predicted octanol–water partition coefficient (Wildman–Crippen LogP) is 3.38. The summed E-state index contributed by atoms with van der Waals surface area (Å²) in [5, 5.41) is 16.9. The maximum Gasteiger partial charge on any atom is 0.337 e. The van der Waals surface area contributed by atoms with Crippen LogP contribution in [0.25, 0.3) is 0 Å². The molecule has 3 N–H and O–H groups in total. The number of nitrogen functional groups attached to an aromatic ring is 1. The van der Waals surface area contributed by atoms with Gasteiger partial charge in [-0.25, -0.2) is 4.79 Å². The van der Waals surface area contributed by atoms with Gasteiger partial charge in [-0.15, -0.1) is 5.11 Å². The molecule has 2 aromatic rings. The van der Waals surface area contributed by atoms with Crippen molar-refractivity contribution < 1.29 is 9.90 Å². The zero-order valence-electron chi connectivity index (χ0n) is 9.45. The third-order valence-electron chi connectivity index (χ3n) is 2.28. The van der Waals surface area contributed by atoms with Gasteiger partial charge in [0.15, 0.2) is 0 Å². The average Bonchev–Trinajstić information content (AvgIpc) is 2.37. The maximum absolute atomic E-state index is 11.0. The number of carboxylic acids is 1. The number of hydrogen-bond donors (Lipinski definition) is 2. The summed E-state index contributed by atoms with van der Waals surface area (Å²) in [5.74, 6) is -1.06. The van der Waals surface area contributed by atoms with Gasteiger partial charge >= 0.3 is 5.97 Å². The molecule has 0 aromatic heterocycles. The molecule has 0 aliphatic heterocycles. The molecule has 0 atom stereocenters. The number of nitrogens with zero attached hydrogens (tertiary/aromatic N) is 2. The van der Waals surface area contributed by atoms with Crippen LogP contribution in [-0.2, 0) is 0 Å². The molecule has 0 radical (unpaired) electrons. The van der Waals surface area contributed by atoms with Crippen molar-refractivity contribution in [2.24, 2.45) is 10.2 Å². The van der Waals surface area contributed by atoms with E-state index in [1.165, 1.54) is 18.2 Å². The number of aromatic carboxylic acids is 1. The van der Waals surface area contributed by atoms with E-state index in [0.29, 0.717) is 11.4 Å². The molecule has 0 heterocycles. The number of benzene rings is 2. The first kappa shape index (κ1) is 11.8. The Bertz CT molecular complexity index is 594. The topological polar surface area (TPSA) is 88.0 Å². The monoisotopic (exact) mass is 241 g/mol. The van der Waals surface area contributed by atoms with Gasteiger partial charge in [0.25, 0.3) is 0 Å². The van der Waals surface area contributed by atoms with E-state index in [1.54, 1.807) is 12.1 Å². The molecule has 0 aliphatic rings. The number of carboxylic acid groups (broad SMARTS) is 1. The summed E-state index contributed by atoms with van der Waals surface area (Å²) in [6.45, 7) is 0. The van der Waals surface area contributed by atoms with Crippen molar-refractivity contribution in [1.29, 1.82) is 0 Å².